The summed E-state index contributed by atoms with van der Waals surface area (Å²) in [5.41, 5.74) is 2.13. The van der Waals surface area contributed by atoms with E-state index in [4.69, 9.17) is 0 Å². The van der Waals surface area contributed by atoms with Crippen molar-refractivity contribution in [3.63, 3.8) is 0 Å². The van der Waals surface area contributed by atoms with Gasteiger partial charge in [0, 0.05) is 12.6 Å². The molecule has 1 aromatic heterocycles. The molecule has 4 rings (SSSR count). The Morgan fingerprint density at radius 2 is 1.82 bits per heavy atom. The summed E-state index contributed by atoms with van der Waals surface area (Å²) >= 11 is 0. The molecule has 0 spiro atoms. The van der Waals surface area contributed by atoms with E-state index in [0.717, 1.165) is 30.4 Å². The van der Waals surface area contributed by atoms with Gasteiger partial charge in [0.2, 0.25) is 0 Å². The van der Waals surface area contributed by atoms with Crippen LogP contribution in [-0.4, -0.2) is 33.4 Å². The lowest BCUT2D eigenvalue weighted by Gasteiger charge is -2.44. The van der Waals surface area contributed by atoms with E-state index in [2.05, 4.69) is 14.9 Å². The van der Waals surface area contributed by atoms with E-state index in [1.54, 1.807) is 6.20 Å². The summed E-state index contributed by atoms with van der Waals surface area (Å²) in [4.78, 5) is 23.9. The predicted octanol–water partition coefficient (Wildman–Crippen LogP) is 3.42. The van der Waals surface area contributed by atoms with E-state index in [9.17, 15) is 4.79 Å². The minimum Gasteiger partial charge on any atom is -0.334 e. The standard InChI is InChI=1S/C18H21N3O/c22-18(16-12-19-14-8-2-3-9-15(14)20-16)21-11-5-7-13-6-1-4-10-17(13)21/h2-3,8-9,12-13,17H,1,4-7,10-11H2. The number of para-hydroxylation sites is 2. The second-order valence-electron chi connectivity index (χ2n) is 6.50. The molecule has 2 atom stereocenters. The maximum Gasteiger partial charge on any atom is 0.274 e. The first-order chi connectivity index (χ1) is 10.8. The minimum absolute atomic E-state index is 0.0647. The van der Waals surface area contributed by atoms with E-state index in [1.165, 1.54) is 25.7 Å². The fraction of sp³-hybridized carbons (Fsp3) is 0.500. The van der Waals surface area contributed by atoms with Gasteiger partial charge in [0.1, 0.15) is 5.69 Å². The number of benzene rings is 1. The smallest absolute Gasteiger partial charge is 0.274 e. The molecule has 1 saturated carbocycles. The molecule has 1 aliphatic heterocycles. The third-order valence-corrected chi connectivity index (χ3v) is 5.17. The van der Waals surface area contributed by atoms with Gasteiger partial charge in [-0.1, -0.05) is 25.0 Å². The molecule has 1 saturated heterocycles. The van der Waals surface area contributed by atoms with Crippen molar-refractivity contribution < 1.29 is 4.79 Å². The van der Waals surface area contributed by atoms with Crippen LogP contribution in [0.1, 0.15) is 49.0 Å². The lowest BCUT2D eigenvalue weighted by atomic mass is 9.78. The van der Waals surface area contributed by atoms with Crippen molar-refractivity contribution in [1.29, 1.82) is 0 Å². The van der Waals surface area contributed by atoms with Gasteiger partial charge in [-0.05, 0) is 43.7 Å². The molecule has 1 amide bonds. The monoisotopic (exact) mass is 295 g/mol. The van der Waals surface area contributed by atoms with Gasteiger partial charge in [0.25, 0.3) is 5.91 Å². The van der Waals surface area contributed by atoms with E-state index in [1.807, 2.05) is 24.3 Å². The average molecular weight is 295 g/mol. The molecule has 2 fully saturated rings. The van der Waals surface area contributed by atoms with Crippen LogP contribution in [0.25, 0.3) is 11.0 Å². The third kappa shape index (κ3) is 2.36. The van der Waals surface area contributed by atoms with Crippen molar-refractivity contribution in [2.75, 3.05) is 6.54 Å². The van der Waals surface area contributed by atoms with E-state index in [0.29, 0.717) is 17.7 Å². The van der Waals surface area contributed by atoms with Crippen molar-refractivity contribution in [3.05, 3.63) is 36.2 Å². The lowest BCUT2D eigenvalue weighted by Crippen LogP contribution is -2.49. The first-order valence-corrected chi connectivity index (χ1v) is 8.36. The SMILES string of the molecule is O=C(c1cnc2ccccc2n1)N1CCCC2CCCCC21. The molecule has 2 aromatic rings. The van der Waals surface area contributed by atoms with Gasteiger partial charge in [-0.3, -0.25) is 9.78 Å². The number of hydrogen-bond donors (Lipinski definition) is 0. The zero-order valence-electron chi connectivity index (χ0n) is 12.7. The van der Waals surface area contributed by atoms with Crippen LogP contribution < -0.4 is 0 Å². The number of aromatic nitrogens is 2. The van der Waals surface area contributed by atoms with E-state index >= 15 is 0 Å². The molecule has 0 radical (unpaired) electrons. The minimum atomic E-state index is 0.0647. The van der Waals surface area contributed by atoms with Crippen LogP contribution in [0.15, 0.2) is 30.5 Å². The molecular formula is C18H21N3O. The Labute approximate surface area is 130 Å². The number of rotatable bonds is 1. The zero-order valence-corrected chi connectivity index (χ0v) is 12.7. The number of piperidine rings is 1. The zero-order chi connectivity index (χ0) is 14.9. The van der Waals surface area contributed by atoms with Gasteiger partial charge < -0.3 is 4.90 Å². The maximum atomic E-state index is 12.9. The topological polar surface area (TPSA) is 46.1 Å². The third-order valence-electron chi connectivity index (χ3n) is 5.17. The van der Waals surface area contributed by atoms with E-state index < -0.39 is 0 Å². The maximum absolute atomic E-state index is 12.9. The Bertz CT molecular complexity index is 698. The van der Waals surface area contributed by atoms with Gasteiger partial charge in [0.15, 0.2) is 0 Å². The van der Waals surface area contributed by atoms with Crippen molar-refractivity contribution >= 4 is 16.9 Å². The van der Waals surface area contributed by atoms with Gasteiger partial charge in [-0.15, -0.1) is 0 Å². The highest BCUT2D eigenvalue weighted by atomic mass is 16.2. The normalized spacial score (nSPS) is 25.0. The Morgan fingerprint density at radius 1 is 1.05 bits per heavy atom. The van der Waals surface area contributed by atoms with Crippen molar-refractivity contribution in [1.82, 2.24) is 14.9 Å². The second kappa shape index (κ2) is 5.67. The van der Waals surface area contributed by atoms with Crippen molar-refractivity contribution in [2.45, 2.75) is 44.6 Å². The van der Waals surface area contributed by atoms with Crippen LogP contribution >= 0.6 is 0 Å². The van der Waals surface area contributed by atoms with Crippen molar-refractivity contribution in [3.8, 4) is 0 Å². The Kier molecular flexibility index (Phi) is 3.53. The molecule has 4 nitrogen and oxygen atoms in total. The largest absolute Gasteiger partial charge is 0.334 e. The lowest BCUT2D eigenvalue weighted by molar-refractivity contribution is 0.0385. The average Bonchev–Trinajstić information content (AvgIpc) is 2.60. The summed E-state index contributed by atoms with van der Waals surface area (Å²) in [5.74, 6) is 0.759. The fourth-order valence-electron chi connectivity index (χ4n) is 4.08. The Balaban J connectivity index is 1.64. The Hall–Kier alpha value is -1.97. The van der Waals surface area contributed by atoms with Crippen LogP contribution in [0.2, 0.25) is 0 Å². The number of hydrogen-bond acceptors (Lipinski definition) is 3. The van der Waals surface area contributed by atoms with Crippen LogP contribution in [0.4, 0.5) is 0 Å². The summed E-state index contributed by atoms with van der Waals surface area (Å²) in [6.07, 6.45) is 9.02. The molecule has 1 aromatic carbocycles. The molecule has 0 bridgehead atoms. The summed E-state index contributed by atoms with van der Waals surface area (Å²) in [6.45, 7) is 0.870. The van der Waals surface area contributed by atoms with Gasteiger partial charge in [-0.2, -0.15) is 0 Å². The van der Waals surface area contributed by atoms with Gasteiger partial charge >= 0.3 is 0 Å². The number of nitrogens with zero attached hydrogens (tertiary/aromatic N) is 3. The molecule has 2 heterocycles. The molecule has 4 heteroatoms. The quantitative estimate of drug-likeness (QED) is 0.809. The number of fused-ring (bicyclic) bond motifs is 2. The summed E-state index contributed by atoms with van der Waals surface area (Å²) in [6, 6.07) is 8.13. The first-order valence-electron chi connectivity index (χ1n) is 8.36. The fourth-order valence-corrected chi connectivity index (χ4v) is 4.08. The highest BCUT2D eigenvalue weighted by Gasteiger charge is 2.36. The highest BCUT2D eigenvalue weighted by molar-refractivity contribution is 5.94. The van der Waals surface area contributed by atoms with Gasteiger partial charge in [-0.25, -0.2) is 4.98 Å². The van der Waals surface area contributed by atoms with Gasteiger partial charge in [0.05, 0.1) is 17.2 Å². The number of carbonyl (C=O) groups excluding carboxylic acids is 1. The van der Waals surface area contributed by atoms with Crippen LogP contribution in [0, 0.1) is 5.92 Å². The predicted molar refractivity (Wildman–Crippen MR) is 85.6 cm³/mol. The molecule has 2 unspecified atom stereocenters. The molecule has 114 valence electrons. The second-order valence-corrected chi connectivity index (χ2v) is 6.50. The number of likely N-dealkylation sites (tertiary alicyclic amines) is 1. The highest BCUT2D eigenvalue weighted by Crippen LogP contribution is 2.35. The molecule has 22 heavy (non-hydrogen) atoms. The number of amides is 1. The first kappa shape index (κ1) is 13.7. The Morgan fingerprint density at radius 3 is 2.73 bits per heavy atom. The summed E-state index contributed by atoms with van der Waals surface area (Å²) < 4.78 is 0. The summed E-state index contributed by atoms with van der Waals surface area (Å²) in [5, 5.41) is 0. The van der Waals surface area contributed by atoms with Crippen molar-refractivity contribution in [2.24, 2.45) is 5.92 Å². The van der Waals surface area contributed by atoms with E-state index in [-0.39, 0.29) is 5.91 Å². The van der Waals surface area contributed by atoms with Crippen LogP contribution in [0.3, 0.4) is 0 Å². The molecule has 1 aliphatic carbocycles. The molecule has 0 N–H and O–H groups in total. The summed E-state index contributed by atoms with van der Waals surface area (Å²) in [7, 11) is 0. The van der Waals surface area contributed by atoms with Crippen LogP contribution in [0.5, 0.6) is 0 Å². The molecular weight excluding hydrogens is 274 g/mol. The van der Waals surface area contributed by atoms with Crippen LogP contribution in [-0.2, 0) is 0 Å². The molecule has 2 aliphatic rings. The number of carbonyl (C=O) groups is 1.